The highest BCUT2D eigenvalue weighted by molar-refractivity contribution is 5.93. The normalized spacial score (nSPS) is 14.4. The van der Waals surface area contributed by atoms with E-state index in [1.165, 1.54) is 7.11 Å². The van der Waals surface area contributed by atoms with Gasteiger partial charge < -0.3 is 14.6 Å². The Hall–Kier alpha value is -3.37. The van der Waals surface area contributed by atoms with E-state index in [0.717, 1.165) is 33.5 Å². The zero-order chi connectivity index (χ0) is 23.3. The summed E-state index contributed by atoms with van der Waals surface area (Å²) in [5.74, 6) is 0.616. The Balaban J connectivity index is 1.66. The average Bonchev–Trinajstić information content (AvgIpc) is 3.09. The van der Waals surface area contributed by atoms with Gasteiger partial charge >= 0.3 is 18.5 Å². The minimum Gasteiger partial charge on any atom is -0.497 e. The van der Waals surface area contributed by atoms with Gasteiger partial charge in [0.1, 0.15) is 5.75 Å². The number of nitrogens with zero attached hydrogens (tertiary/aromatic N) is 2. The number of amides is 2. The van der Waals surface area contributed by atoms with Crippen LogP contribution in [0, 0.1) is 0 Å². The number of rotatable bonds is 2. The SMILES string of the molecule is COc1ccc2[nH]c3c(c2c1)CCN(C(=O)N(c1cccc(C(F)(F)F)c1)C(F)(F)F)C3. The summed E-state index contributed by atoms with van der Waals surface area (Å²) in [6.07, 6.45) is -9.78. The summed E-state index contributed by atoms with van der Waals surface area (Å²) < 4.78 is 85.5. The van der Waals surface area contributed by atoms with Crippen molar-refractivity contribution in [1.29, 1.82) is 0 Å². The lowest BCUT2D eigenvalue weighted by atomic mass is 10.0. The number of carbonyl (C=O) groups is 1. The molecule has 2 amide bonds. The molecule has 1 aliphatic heterocycles. The van der Waals surface area contributed by atoms with Gasteiger partial charge in [-0.3, -0.25) is 0 Å². The number of urea groups is 1. The van der Waals surface area contributed by atoms with Crippen molar-refractivity contribution >= 4 is 22.6 Å². The number of fused-ring (bicyclic) bond motifs is 3. The van der Waals surface area contributed by atoms with E-state index in [2.05, 4.69) is 4.98 Å². The summed E-state index contributed by atoms with van der Waals surface area (Å²) in [5, 5.41) is 0.844. The maximum absolute atomic E-state index is 13.8. The quantitative estimate of drug-likeness (QED) is 0.397. The first kappa shape index (κ1) is 21.8. The molecular formula is C21H17F6N3O2. The third-order valence-corrected chi connectivity index (χ3v) is 5.33. The van der Waals surface area contributed by atoms with Gasteiger partial charge in [-0.05, 0) is 48.4 Å². The Labute approximate surface area is 178 Å². The first-order valence-electron chi connectivity index (χ1n) is 9.49. The summed E-state index contributed by atoms with van der Waals surface area (Å²) in [4.78, 5) is 16.4. The van der Waals surface area contributed by atoms with E-state index in [-0.39, 0.29) is 19.5 Å². The van der Waals surface area contributed by atoms with Gasteiger partial charge in [0.05, 0.1) is 24.9 Å². The van der Waals surface area contributed by atoms with E-state index in [9.17, 15) is 31.1 Å². The lowest BCUT2D eigenvalue weighted by molar-refractivity contribution is -0.138. The Morgan fingerprint density at radius 1 is 1.09 bits per heavy atom. The van der Waals surface area contributed by atoms with E-state index >= 15 is 0 Å². The van der Waals surface area contributed by atoms with Crippen LogP contribution < -0.4 is 9.64 Å². The Morgan fingerprint density at radius 2 is 1.84 bits per heavy atom. The average molecular weight is 457 g/mol. The van der Waals surface area contributed by atoms with Gasteiger partial charge in [-0.15, -0.1) is 13.2 Å². The minimum absolute atomic E-state index is 0.0263. The number of halogens is 6. The van der Waals surface area contributed by atoms with Crippen molar-refractivity contribution < 1.29 is 35.9 Å². The summed E-state index contributed by atoms with van der Waals surface area (Å²) in [6, 6.07) is 6.47. The Morgan fingerprint density at radius 3 is 2.50 bits per heavy atom. The van der Waals surface area contributed by atoms with Crippen molar-refractivity contribution in [2.24, 2.45) is 0 Å². The Kier molecular flexibility index (Phi) is 5.22. The summed E-state index contributed by atoms with van der Waals surface area (Å²) in [5.41, 5.74) is 0.00213. The van der Waals surface area contributed by atoms with Crippen LogP contribution >= 0.6 is 0 Å². The monoisotopic (exact) mass is 457 g/mol. The first-order chi connectivity index (χ1) is 15.0. The molecule has 0 aliphatic carbocycles. The number of aromatic amines is 1. The van der Waals surface area contributed by atoms with Gasteiger partial charge in [0, 0.05) is 23.1 Å². The van der Waals surface area contributed by atoms with Crippen LogP contribution in [0.2, 0.25) is 0 Å². The highest BCUT2D eigenvalue weighted by atomic mass is 19.4. The number of H-pyrrole nitrogens is 1. The molecule has 0 spiro atoms. The second-order valence-corrected chi connectivity index (χ2v) is 7.30. The lowest BCUT2D eigenvalue weighted by Crippen LogP contribution is -2.51. The van der Waals surface area contributed by atoms with Crippen molar-refractivity contribution in [3.05, 3.63) is 59.3 Å². The van der Waals surface area contributed by atoms with E-state index in [1.807, 2.05) is 0 Å². The standard InChI is InChI=1S/C21H17F6N3O2/c1-32-14-5-6-17-16(10-14)15-7-8-29(11-18(15)28-17)19(31)30(21(25,26)27)13-4-2-3-12(9-13)20(22,23)24/h2-6,9-10,28H,7-8,11H2,1H3. The van der Waals surface area contributed by atoms with Crippen LogP contribution in [0.5, 0.6) is 5.75 Å². The molecule has 0 radical (unpaired) electrons. The van der Waals surface area contributed by atoms with Gasteiger partial charge in [-0.2, -0.15) is 13.2 Å². The number of hydrogen-bond donors (Lipinski definition) is 1. The van der Waals surface area contributed by atoms with Crippen molar-refractivity contribution in [2.75, 3.05) is 18.6 Å². The van der Waals surface area contributed by atoms with Crippen molar-refractivity contribution in [2.45, 2.75) is 25.4 Å². The van der Waals surface area contributed by atoms with Gasteiger partial charge in [-0.1, -0.05) is 6.07 Å². The largest absolute Gasteiger partial charge is 0.497 e. The number of methoxy groups -OCH3 is 1. The van der Waals surface area contributed by atoms with Crippen LogP contribution in [0.4, 0.5) is 36.8 Å². The van der Waals surface area contributed by atoms with E-state index in [1.54, 1.807) is 18.2 Å². The van der Waals surface area contributed by atoms with Crippen LogP contribution in [-0.2, 0) is 19.1 Å². The topological polar surface area (TPSA) is 48.6 Å². The molecule has 0 atom stereocenters. The maximum Gasteiger partial charge on any atom is 0.493 e. The molecule has 5 nitrogen and oxygen atoms in total. The zero-order valence-electron chi connectivity index (χ0n) is 16.6. The lowest BCUT2D eigenvalue weighted by Gasteiger charge is -2.34. The summed E-state index contributed by atoms with van der Waals surface area (Å²) >= 11 is 0. The van der Waals surface area contributed by atoms with Gasteiger partial charge in [-0.25, -0.2) is 9.69 Å². The number of alkyl halides is 6. The fraction of sp³-hybridized carbons (Fsp3) is 0.286. The van der Waals surface area contributed by atoms with Crippen LogP contribution in [0.25, 0.3) is 10.9 Å². The van der Waals surface area contributed by atoms with Crippen molar-refractivity contribution in [3.63, 3.8) is 0 Å². The van der Waals surface area contributed by atoms with E-state index in [4.69, 9.17) is 4.74 Å². The van der Waals surface area contributed by atoms with Gasteiger partial charge in [0.15, 0.2) is 0 Å². The highest BCUT2D eigenvalue weighted by Gasteiger charge is 2.45. The minimum atomic E-state index is -5.21. The third-order valence-electron chi connectivity index (χ3n) is 5.33. The highest BCUT2D eigenvalue weighted by Crippen LogP contribution is 2.37. The second kappa shape index (κ2) is 7.64. The van der Waals surface area contributed by atoms with Crippen LogP contribution in [0.3, 0.4) is 0 Å². The fourth-order valence-corrected chi connectivity index (χ4v) is 3.84. The number of aromatic nitrogens is 1. The number of anilines is 1. The smallest absolute Gasteiger partial charge is 0.493 e. The number of hydrogen-bond acceptors (Lipinski definition) is 2. The van der Waals surface area contributed by atoms with E-state index in [0.29, 0.717) is 23.6 Å². The summed E-state index contributed by atoms with van der Waals surface area (Å²) in [6.45, 7) is -0.168. The number of benzene rings is 2. The zero-order valence-corrected chi connectivity index (χ0v) is 16.6. The van der Waals surface area contributed by atoms with E-state index < -0.39 is 34.7 Å². The predicted molar refractivity (Wildman–Crippen MR) is 104 cm³/mol. The Bertz CT molecular complexity index is 1170. The maximum atomic E-state index is 13.8. The molecule has 0 saturated carbocycles. The molecule has 2 aromatic carbocycles. The van der Waals surface area contributed by atoms with Crippen LogP contribution in [-0.4, -0.2) is 35.9 Å². The molecule has 3 aromatic rings. The number of carbonyl (C=O) groups excluding carboxylic acids is 1. The van der Waals surface area contributed by atoms with Crippen molar-refractivity contribution in [1.82, 2.24) is 9.88 Å². The molecule has 1 aliphatic rings. The fourth-order valence-electron chi connectivity index (χ4n) is 3.84. The molecule has 2 heterocycles. The second-order valence-electron chi connectivity index (χ2n) is 7.30. The molecule has 170 valence electrons. The molecule has 32 heavy (non-hydrogen) atoms. The van der Waals surface area contributed by atoms with Crippen LogP contribution in [0.1, 0.15) is 16.8 Å². The molecule has 1 N–H and O–H groups in total. The number of ether oxygens (including phenoxy) is 1. The molecule has 11 heteroatoms. The molecule has 0 saturated heterocycles. The molecule has 4 rings (SSSR count). The molecule has 0 unspecified atom stereocenters. The first-order valence-corrected chi connectivity index (χ1v) is 9.49. The van der Waals surface area contributed by atoms with Gasteiger partial charge in [0.2, 0.25) is 0 Å². The molecule has 0 fully saturated rings. The molecule has 1 aromatic heterocycles. The third kappa shape index (κ3) is 3.94. The molecular weight excluding hydrogens is 440 g/mol. The number of nitrogens with one attached hydrogen (secondary N) is 1. The molecule has 0 bridgehead atoms. The van der Waals surface area contributed by atoms with Crippen LogP contribution in [0.15, 0.2) is 42.5 Å². The summed E-state index contributed by atoms with van der Waals surface area (Å²) in [7, 11) is 1.51. The van der Waals surface area contributed by atoms with Crippen molar-refractivity contribution in [3.8, 4) is 5.75 Å². The predicted octanol–water partition coefficient (Wildman–Crippen LogP) is 5.70. The van der Waals surface area contributed by atoms with Gasteiger partial charge in [0.25, 0.3) is 0 Å².